The van der Waals surface area contributed by atoms with E-state index >= 15 is 0 Å². The van der Waals surface area contributed by atoms with Crippen LogP contribution in [-0.2, 0) is 4.79 Å². The van der Waals surface area contributed by atoms with Gasteiger partial charge >= 0.3 is 0 Å². The van der Waals surface area contributed by atoms with Gasteiger partial charge in [0.05, 0.1) is 17.8 Å². The highest BCUT2D eigenvalue weighted by atomic mass is 19.1. The van der Waals surface area contributed by atoms with Crippen LogP contribution in [0.4, 0.5) is 10.1 Å². The number of benzene rings is 1. The standard InChI is InChI=1S/C12H13FN2O3/c1-15-7-11(16)14-10-3-2-8(18-5-4-13)6-9(10)12(15)17/h2-3,6H,4-5,7H2,1H3,(H,14,16). The third-order valence-corrected chi connectivity index (χ3v) is 2.57. The molecule has 0 aromatic heterocycles. The second-order valence-corrected chi connectivity index (χ2v) is 3.95. The molecule has 0 aliphatic carbocycles. The number of carbonyl (C=O) groups excluding carboxylic acids is 2. The fourth-order valence-corrected chi connectivity index (χ4v) is 1.74. The summed E-state index contributed by atoms with van der Waals surface area (Å²) >= 11 is 0. The number of ether oxygens (including phenoxy) is 1. The number of carbonyl (C=O) groups is 2. The normalized spacial score (nSPS) is 14.9. The third-order valence-electron chi connectivity index (χ3n) is 2.57. The second kappa shape index (κ2) is 5.03. The fourth-order valence-electron chi connectivity index (χ4n) is 1.74. The monoisotopic (exact) mass is 252 g/mol. The molecule has 0 fully saturated rings. The van der Waals surface area contributed by atoms with Gasteiger partial charge in [0.2, 0.25) is 5.91 Å². The van der Waals surface area contributed by atoms with E-state index < -0.39 is 6.67 Å². The largest absolute Gasteiger partial charge is 0.491 e. The van der Waals surface area contributed by atoms with E-state index in [2.05, 4.69) is 5.32 Å². The molecule has 0 radical (unpaired) electrons. The van der Waals surface area contributed by atoms with Crippen LogP contribution in [0.1, 0.15) is 10.4 Å². The molecule has 1 aliphatic rings. The topological polar surface area (TPSA) is 58.6 Å². The minimum Gasteiger partial charge on any atom is -0.491 e. The quantitative estimate of drug-likeness (QED) is 0.875. The van der Waals surface area contributed by atoms with Gasteiger partial charge in [0.1, 0.15) is 19.0 Å². The molecule has 0 saturated carbocycles. The SMILES string of the molecule is CN1CC(=O)Nc2ccc(OCCF)cc2C1=O. The van der Waals surface area contributed by atoms with Crippen molar-refractivity contribution >= 4 is 17.5 Å². The van der Waals surface area contributed by atoms with Crippen molar-refractivity contribution < 1.29 is 18.7 Å². The molecule has 0 atom stereocenters. The Morgan fingerprint density at radius 1 is 1.44 bits per heavy atom. The van der Waals surface area contributed by atoms with Crippen molar-refractivity contribution in [2.45, 2.75) is 0 Å². The molecule has 96 valence electrons. The number of halogens is 1. The summed E-state index contributed by atoms with van der Waals surface area (Å²) in [6, 6.07) is 4.68. The maximum atomic E-state index is 12.0. The molecule has 0 bridgehead atoms. The maximum absolute atomic E-state index is 12.0. The van der Waals surface area contributed by atoms with Crippen LogP contribution in [-0.4, -0.2) is 43.6 Å². The van der Waals surface area contributed by atoms with Crippen molar-refractivity contribution in [1.82, 2.24) is 4.90 Å². The average Bonchev–Trinajstić information content (AvgIpc) is 2.45. The number of alkyl halides is 1. The van der Waals surface area contributed by atoms with Crippen LogP contribution in [0.15, 0.2) is 18.2 Å². The fraction of sp³-hybridized carbons (Fsp3) is 0.333. The highest BCUT2D eigenvalue weighted by molar-refractivity contribution is 6.08. The molecule has 2 rings (SSSR count). The summed E-state index contributed by atoms with van der Waals surface area (Å²) in [5.74, 6) is -0.111. The van der Waals surface area contributed by atoms with Crippen LogP contribution in [0.5, 0.6) is 5.75 Å². The van der Waals surface area contributed by atoms with E-state index in [-0.39, 0.29) is 25.0 Å². The first-order chi connectivity index (χ1) is 8.61. The van der Waals surface area contributed by atoms with E-state index in [1.54, 1.807) is 19.2 Å². The number of nitrogens with zero attached hydrogens (tertiary/aromatic N) is 1. The molecule has 1 aliphatic heterocycles. The first-order valence-corrected chi connectivity index (χ1v) is 5.50. The molecule has 6 heteroatoms. The summed E-state index contributed by atoms with van der Waals surface area (Å²) in [6.45, 7) is -0.648. The zero-order valence-electron chi connectivity index (χ0n) is 9.90. The van der Waals surface area contributed by atoms with E-state index in [9.17, 15) is 14.0 Å². The zero-order valence-corrected chi connectivity index (χ0v) is 9.90. The number of amides is 2. The lowest BCUT2D eigenvalue weighted by Crippen LogP contribution is -2.31. The summed E-state index contributed by atoms with van der Waals surface area (Å²) in [6.07, 6.45) is 0. The predicted octanol–water partition coefficient (Wildman–Crippen LogP) is 1.06. The lowest BCUT2D eigenvalue weighted by molar-refractivity contribution is -0.116. The minimum atomic E-state index is -0.596. The smallest absolute Gasteiger partial charge is 0.256 e. The molecule has 18 heavy (non-hydrogen) atoms. The summed E-state index contributed by atoms with van der Waals surface area (Å²) in [5.41, 5.74) is 0.793. The zero-order chi connectivity index (χ0) is 13.1. The predicted molar refractivity (Wildman–Crippen MR) is 63.5 cm³/mol. The van der Waals surface area contributed by atoms with Crippen LogP contribution >= 0.6 is 0 Å². The van der Waals surface area contributed by atoms with Gasteiger partial charge in [-0.25, -0.2) is 4.39 Å². The molecule has 0 spiro atoms. The molecule has 5 nitrogen and oxygen atoms in total. The highest BCUT2D eigenvalue weighted by Crippen LogP contribution is 2.25. The number of hydrogen-bond acceptors (Lipinski definition) is 3. The molecule has 0 unspecified atom stereocenters. The van der Waals surface area contributed by atoms with Crippen LogP contribution in [0, 0.1) is 0 Å². The van der Waals surface area contributed by atoms with Gasteiger partial charge in [-0.05, 0) is 18.2 Å². The lowest BCUT2D eigenvalue weighted by Gasteiger charge is -2.13. The third kappa shape index (κ3) is 2.42. The summed E-state index contributed by atoms with van der Waals surface area (Å²) < 4.78 is 17.1. The maximum Gasteiger partial charge on any atom is 0.256 e. The number of rotatable bonds is 3. The van der Waals surface area contributed by atoms with Crippen LogP contribution in [0.3, 0.4) is 0 Å². The van der Waals surface area contributed by atoms with Crippen molar-refractivity contribution in [3.8, 4) is 5.75 Å². The Morgan fingerprint density at radius 3 is 2.94 bits per heavy atom. The van der Waals surface area contributed by atoms with E-state index in [0.29, 0.717) is 17.0 Å². The van der Waals surface area contributed by atoms with Gasteiger partial charge in [0.25, 0.3) is 5.91 Å². The molecule has 1 N–H and O–H groups in total. The van der Waals surface area contributed by atoms with E-state index in [4.69, 9.17) is 4.74 Å². The summed E-state index contributed by atoms with van der Waals surface area (Å²) in [5, 5.41) is 2.64. The van der Waals surface area contributed by atoms with Gasteiger partial charge in [-0.3, -0.25) is 9.59 Å². The number of anilines is 1. The molecule has 2 amide bonds. The Kier molecular flexibility index (Phi) is 3.45. The average molecular weight is 252 g/mol. The minimum absolute atomic E-state index is 0.00812. The lowest BCUT2D eigenvalue weighted by atomic mass is 10.1. The van der Waals surface area contributed by atoms with Crippen LogP contribution in [0.2, 0.25) is 0 Å². The number of fused-ring (bicyclic) bond motifs is 1. The summed E-state index contributed by atoms with van der Waals surface area (Å²) in [7, 11) is 1.55. The number of nitrogens with one attached hydrogen (secondary N) is 1. The van der Waals surface area contributed by atoms with Gasteiger partial charge in [-0.1, -0.05) is 0 Å². The Bertz CT molecular complexity index is 490. The molecule has 1 aromatic rings. The second-order valence-electron chi connectivity index (χ2n) is 3.95. The molecular weight excluding hydrogens is 239 g/mol. The molecule has 0 saturated heterocycles. The Labute approximate surface area is 104 Å². The highest BCUT2D eigenvalue weighted by Gasteiger charge is 2.23. The Balaban J connectivity index is 2.34. The molecular formula is C12H13FN2O3. The van der Waals surface area contributed by atoms with Crippen LogP contribution in [0.25, 0.3) is 0 Å². The first-order valence-electron chi connectivity index (χ1n) is 5.50. The van der Waals surface area contributed by atoms with Crippen LogP contribution < -0.4 is 10.1 Å². The number of hydrogen-bond donors (Lipinski definition) is 1. The van der Waals surface area contributed by atoms with Crippen molar-refractivity contribution in [3.63, 3.8) is 0 Å². The van der Waals surface area contributed by atoms with E-state index in [1.807, 2.05) is 0 Å². The van der Waals surface area contributed by atoms with Gasteiger partial charge < -0.3 is 15.0 Å². The summed E-state index contributed by atoms with van der Waals surface area (Å²) in [4.78, 5) is 24.8. The van der Waals surface area contributed by atoms with Gasteiger partial charge in [0.15, 0.2) is 0 Å². The number of likely N-dealkylation sites (N-methyl/N-ethyl adjacent to an activating group) is 1. The Hall–Kier alpha value is -2.11. The van der Waals surface area contributed by atoms with Crippen molar-refractivity contribution in [1.29, 1.82) is 0 Å². The van der Waals surface area contributed by atoms with Crippen molar-refractivity contribution in [2.75, 3.05) is 32.2 Å². The van der Waals surface area contributed by atoms with Gasteiger partial charge in [-0.2, -0.15) is 0 Å². The van der Waals surface area contributed by atoms with Gasteiger partial charge in [0, 0.05) is 7.05 Å². The van der Waals surface area contributed by atoms with E-state index in [0.717, 1.165) is 0 Å². The Morgan fingerprint density at radius 2 is 2.22 bits per heavy atom. The van der Waals surface area contributed by atoms with Gasteiger partial charge in [-0.15, -0.1) is 0 Å². The molecule has 1 aromatic carbocycles. The molecule has 1 heterocycles. The van der Waals surface area contributed by atoms with Crippen molar-refractivity contribution in [3.05, 3.63) is 23.8 Å². The first kappa shape index (κ1) is 12.3. The van der Waals surface area contributed by atoms with E-state index in [1.165, 1.54) is 11.0 Å². The van der Waals surface area contributed by atoms with Crippen molar-refractivity contribution in [2.24, 2.45) is 0 Å².